The molecule has 0 aliphatic carbocycles. The second-order valence-corrected chi connectivity index (χ2v) is 1.67. The Morgan fingerprint density at radius 2 is 2.00 bits per heavy atom. The summed E-state index contributed by atoms with van der Waals surface area (Å²) in [5.74, 6) is 0. The van der Waals surface area contributed by atoms with Crippen molar-refractivity contribution in [3.8, 4) is 0 Å². The van der Waals surface area contributed by atoms with Crippen LogP contribution in [0.2, 0.25) is 0 Å². The van der Waals surface area contributed by atoms with Crippen LogP contribution >= 0.6 is 0 Å². The molecule has 9 heavy (non-hydrogen) atoms. The molecule has 0 aliphatic rings. The molecule has 2 nitrogen and oxygen atoms in total. The van der Waals surface area contributed by atoms with Gasteiger partial charge in [-0.2, -0.15) is 0 Å². The Balaban J connectivity index is 0. The summed E-state index contributed by atoms with van der Waals surface area (Å²) in [6, 6.07) is 0. The van der Waals surface area contributed by atoms with Crippen LogP contribution < -0.4 is 34.7 Å². The molecular weight excluding hydrogens is 127 g/mol. The van der Waals surface area contributed by atoms with Crippen LogP contribution in [0.15, 0.2) is 0 Å². The minimum Gasteiger partial charge on any atom is -0.853 e. The maximum atomic E-state index is 9.77. The molecule has 0 N–H and O–H groups in total. The van der Waals surface area contributed by atoms with Crippen LogP contribution in [0, 0.1) is 0 Å². The molecule has 0 aromatic rings. The fourth-order valence-electron chi connectivity index (χ4n) is 0.407. The summed E-state index contributed by atoms with van der Waals surface area (Å²) < 4.78 is 4.91. The molecule has 0 atom stereocenters. The van der Waals surface area contributed by atoms with Gasteiger partial charge in [0.1, 0.15) is 0 Å². The van der Waals surface area contributed by atoms with Crippen LogP contribution in [-0.2, 0) is 4.74 Å². The van der Waals surface area contributed by atoms with Gasteiger partial charge in [-0.3, -0.25) is 0 Å². The predicted octanol–water partition coefficient (Wildman–Crippen LogP) is -2.83. The molecule has 3 heteroatoms. The van der Waals surface area contributed by atoms with Crippen LogP contribution in [0.25, 0.3) is 0 Å². The number of hydrogen-bond acceptors (Lipinski definition) is 2. The topological polar surface area (TPSA) is 32.3 Å². The third-order valence-electron chi connectivity index (χ3n) is 0.870. The monoisotopic (exact) mass is 140 g/mol. The summed E-state index contributed by atoms with van der Waals surface area (Å²) >= 11 is 0. The van der Waals surface area contributed by atoms with Crippen molar-refractivity contribution < 1.29 is 39.4 Å². The van der Waals surface area contributed by atoms with Gasteiger partial charge in [-0.15, -0.1) is 6.61 Å². The Labute approximate surface area is 78.9 Å². The zero-order chi connectivity index (χ0) is 6.24. The molecule has 0 heterocycles. The second kappa shape index (κ2) is 11.7. The Kier molecular flexibility index (Phi) is 16.3. The van der Waals surface area contributed by atoms with Gasteiger partial charge in [0.2, 0.25) is 0 Å². The van der Waals surface area contributed by atoms with E-state index in [-0.39, 0.29) is 36.2 Å². The first-order chi connectivity index (χ1) is 3.91. The molecule has 0 radical (unpaired) electrons. The smallest absolute Gasteiger partial charge is 0.853 e. The Bertz CT molecular complexity index is 36.0. The average molecular weight is 140 g/mol. The van der Waals surface area contributed by atoms with Crippen molar-refractivity contribution in [1.82, 2.24) is 0 Å². The summed E-state index contributed by atoms with van der Waals surface area (Å²) in [5.41, 5.74) is 0. The largest absolute Gasteiger partial charge is 1.00 e. The van der Waals surface area contributed by atoms with E-state index in [0.29, 0.717) is 6.61 Å². The van der Waals surface area contributed by atoms with Gasteiger partial charge >= 0.3 is 29.6 Å². The molecule has 0 aromatic heterocycles. The van der Waals surface area contributed by atoms with Gasteiger partial charge in [0.05, 0.1) is 0 Å². The van der Waals surface area contributed by atoms with E-state index in [1.807, 2.05) is 0 Å². The molecule has 0 saturated heterocycles. The minimum absolute atomic E-state index is 0. The summed E-state index contributed by atoms with van der Waals surface area (Å²) in [7, 11) is 0. The van der Waals surface area contributed by atoms with Gasteiger partial charge in [-0.1, -0.05) is 13.3 Å². The van der Waals surface area contributed by atoms with Crippen molar-refractivity contribution in [3.63, 3.8) is 0 Å². The maximum absolute atomic E-state index is 9.77. The molecule has 50 valence electrons. The minimum atomic E-state index is -0.107. The fourth-order valence-corrected chi connectivity index (χ4v) is 0.407. The zero-order valence-corrected chi connectivity index (χ0v) is 8.35. The van der Waals surface area contributed by atoms with E-state index in [0.717, 1.165) is 19.4 Å². The Morgan fingerprint density at radius 1 is 1.33 bits per heavy atom. The number of unbranched alkanes of at least 4 members (excludes halogenated alkanes) is 1. The quantitative estimate of drug-likeness (QED) is 0.304. The van der Waals surface area contributed by atoms with E-state index in [9.17, 15) is 5.11 Å². The van der Waals surface area contributed by atoms with Gasteiger partial charge < -0.3 is 9.84 Å². The van der Waals surface area contributed by atoms with Crippen molar-refractivity contribution in [3.05, 3.63) is 0 Å². The van der Waals surface area contributed by atoms with E-state index in [1.54, 1.807) is 0 Å². The molecule has 0 fully saturated rings. The standard InChI is InChI=1S/C6H13O2.Na/c1-2-3-5-8-6-4-7;/h2-6H2,1H3;/q-1;+1. The third-order valence-corrected chi connectivity index (χ3v) is 0.870. The van der Waals surface area contributed by atoms with Gasteiger partial charge in [-0.25, -0.2) is 0 Å². The van der Waals surface area contributed by atoms with E-state index in [4.69, 9.17) is 4.74 Å². The molecular formula is C6H13NaO2. The van der Waals surface area contributed by atoms with Crippen LogP contribution in [-0.4, -0.2) is 19.8 Å². The predicted molar refractivity (Wildman–Crippen MR) is 30.6 cm³/mol. The first-order valence-corrected chi connectivity index (χ1v) is 3.07. The van der Waals surface area contributed by atoms with Crippen molar-refractivity contribution >= 4 is 0 Å². The van der Waals surface area contributed by atoms with E-state index in [1.165, 1.54) is 0 Å². The third kappa shape index (κ3) is 12.2. The summed E-state index contributed by atoms with van der Waals surface area (Å²) in [5, 5.41) is 9.77. The maximum Gasteiger partial charge on any atom is 1.00 e. The number of ether oxygens (including phenoxy) is 1. The Hall–Kier alpha value is 0.920. The number of rotatable bonds is 5. The zero-order valence-electron chi connectivity index (χ0n) is 6.35. The van der Waals surface area contributed by atoms with Crippen molar-refractivity contribution in [1.29, 1.82) is 0 Å². The molecule has 0 amide bonds. The van der Waals surface area contributed by atoms with Crippen LogP contribution in [0.1, 0.15) is 19.8 Å². The van der Waals surface area contributed by atoms with Crippen molar-refractivity contribution in [2.45, 2.75) is 19.8 Å². The second-order valence-electron chi connectivity index (χ2n) is 1.67. The normalized spacial score (nSPS) is 8.67. The first kappa shape index (κ1) is 12.6. The molecule has 0 spiro atoms. The van der Waals surface area contributed by atoms with Crippen molar-refractivity contribution in [2.75, 3.05) is 19.8 Å². The first-order valence-electron chi connectivity index (χ1n) is 3.07. The molecule has 0 rings (SSSR count). The van der Waals surface area contributed by atoms with Gasteiger partial charge in [0, 0.05) is 13.2 Å². The van der Waals surface area contributed by atoms with Crippen LogP contribution in [0.4, 0.5) is 0 Å². The van der Waals surface area contributed by atoms with Crippen molar-refractivity contribution in [2.24, 2.45) is 0 Å². The Morgan fingerprint density at radius 3 is 2.44 bits per heavy atom. The van der Waals surface area contributed by atoms with Crippen LogP contribution in [0.3, 0.4) is 0 Å². The molecule has 0 unspecified atom stereocenters. The van der Waals surface area contributed by atoms with Gasteiger partial charge in [0.25, 0.3) is 0 Å². The van der Waals surface area contributed by atoms with E-state index < -0.39 is 0 Å². The van der Waals surface area contributed by atoms with E-state index >= 15 is 0 Å². The SMILES string of the molecule is CCCCOCC[O-].[Na+]. The van der Waals surface area contributed by atoms with Gasteiger partial charge in [-0.05, 0) is 6.42 Å². The van der Waals surface area contributed by atoms with Gasteiger partial charge in [0.15, 0.2) is 0 Å². The average Bonchev–Trinajstić information content (AvgIpc) is 1.81. The van der Waals surface area contributed by atoms with E-state index in [2.05, 4.69) is 6.92 Å². The molecule has 0 saturated carbocycles. The summed E-state index contributed by atoms with van der Waals surface area (Å²) in [6.07, 6.45) is 2.21. The fraction of sp³-hybridized carbons (Fsp3) is 1.00. The summed E-state index contributed by atoms with van der Waals surface area (Å²) in [4.78, 5) is 0. The molecule has 0 bridgehead atoms. The van der Waals surface area contributed by atoms with Crippen LogP contribution in [0.5, 0.6) is 0 Å². The molecule has 0 aromatic carbocycles. The summed E-state index contributed by atoms with van der Waals surface area (Å²) in [6.45, 7) is 3.11. The number of hydrogen-bond donors (Lipinski definition) is 0. The molecule has 0 aliphatic heterocycles.